The first-order chi connectivity index (χ1) is 13.6. The average Bonchev–Trinajstić information content (AvgIpc) is 2.74. The van der Waals surface area contributed by atoms with Crippen LogP contribution in [-0.2, 0) is 11.3 Å². The van der Waals surface area contributed by atoms with Crippen LogP contribution in [0.2, 0.25) is 0 Å². The van der Waals surface area contributed by atoms with Crippen molar-refractivity contribution >= 4 is 5.96 Å². The van der Waals surface area contributed by atoms with E-state index in [1.165, 1.54) is 0 Å². The highest BCUT2D eigenvalue weighted by Crippen LogP contribution is 2.18. The minimum Gasteiger partial charge on any atom is -0.496 e. The van der Waals surface area contributed by atoms with Gasteiger partial charge in [0.15, 0.2) is 5.96 Å². The van der Waals surface area contributed by atoms with Crippen LogP contribution in [0.25, 0.3) is 0 Å². The Morgan fingerprint density at radius 1 is 1.07 bits per heavy atom. The molecule has 2 aromatic carbocycles. The Kier molecular flexibility index (Phi) is 9.31. The number of hydrogen-bond acceptors (Lipinski definition) is 4. The van der Waals surface area contributed by atoms with Gasteiger partial charge in [-0.2, -0.15) is 0 Å². The lowest BCUT2D eigenvalue weighted by Crippen LogP contribution is -2.42. The Bertz CT molecular complexity index is 722. The lowest BCUT2D eigenvalue weighted by atomic mass is 10.1. The van der Waals surface area contributed by atoms with Gasteiger partial charge in [-0.15, -0.1) is 0 Å². The monoisotopic (exact) mass is 385 g/mol. The van der Waals surface area contributed by atoms with E-state index in [2.05, 4.69) is 15.6 Å². The quantitative estimate of drug-likeness (QED) is 0.433. The van der Waals surface area contributed by atoms with E-state index in [4.69, 9.17) is 9.47 Å². The first-order valence-electron chi connectivity index (χ1n) is 9.62. The molecular weight excluding hydrogens is 354 g/mol. The molecule has 2 unspecified atom stereocenters. The van der Waals surface area contributed by atoms with Gasteiger partial charge >= 0.3 is 0 Å². The van der Waals surface area contributed by atoms with Crippen LogP contribution in [0.15, 0.2) is 59.6 Å². The molecule has 0 fully saturated rings. The first-order valence-corrected chi connectivity index (χ1v) is 9.62. The summed E-state index contributed by atoms with van der Waals surface area (Å²) in [6.07, 6.45) is -0.704. The lowest BCUT2D eigenvalue weighted by Gasteiger charge is -2.18. The summed E-state index contributed by atoms with van der Waals surface area (Å²) < 4.78 is 11.1. The molecule has 0 aromatic heterocycles. The molecule has 0 spiro atoms. The zero-order valence-electron chi connectivity index (χ0n) is 16.9. The molecule has 2 rings (SSSR count). The summed E-state index contributed by atoms with van der Waals surface area (Å²) in [5.74, 6) is 1.45. The number of aliphatic hydroxyl groups is 1. The normalized spacial score (nSPS) is 13.6. The van der Waals surface area contributed by atoms with E-state index in [0.717, 1.165) is 23.4 Å². The predicted molar refractivity (Wildman–Crippen MR) is 113 cm³/mol. The van der Waals surface area contributed by atoms with E-state index >= 15 is 0 Å². The van der Waals surface area contributed by atoms with Gasteiger partial charge in [0.05, 0.1) is 32.5 Å². The number of nitrogens with zero attached hydrogens (tertiary/aromatic N) is 1. The maximum Gasteiger partial charge on any atom is 0.191 e. The molecule has 6 nitrogen and oxygen atoms in total. The van der Waals surface area contributed by atoms with Crippen LogP contribution in [0.4, 0.5) is 0 Å². The topological polar surface area (TPSA) is 75.1 Å². The maximum atomic E-state index is 10.2. The van der Waals surface area contributed by atoms with E-state index in [9.17, 15) is 5.11 Å². The van der Waals surface area contributed by atoms with Gasteiger partial charge in [-0.3, -0.25) is 0 Å². The summed E-state index contributed by atoms with van der Waals surface area (Å²) in [7, 11) is 1.65. The van der Waals surface area contributed by atoms with Gasteiger partial charge in [0.1, 0.15) is 5.75 Å². The molecule has 2 atom stereocenters. The molecule has 0 amide bonds. The van der Waals surface area contributed by atoms with Gasteiger partial charge < -0.3 is 25.2 Å². The van der Waals surface area contributed by atoms with Gasteiger partial charge in [0, 0.05) is 18.7 Å². The van der Waals surface area contributed by atoms with Crippen LogP contribution in [0.1, 0.15) is 31.1 Å². The third kappa shape index (κ3) is 7.21. The third-order valence-electron chi connectivity index (χ3n) is 4.26. The maximum absolute atomic E-state index is 10.2. The van der Waals surface area contributed by atoms with E-state index in [0.29, 0.717) is 19.0 Å². The van der Waals surface area contributed by atoms with Crippen LogP contribution in [-0.4, -0.2) is 44.0 Å². The predicted octanol–water partition coefficient (Wildman–Crippen LogP) is 2.89. The Labute approximate surface area is 167 Å². The van der Waals surface area contributed by atoms with Crippen molar-refractivity contribution in [1.82, 2.24) is 10.6 Å². The van der Waals surface area contributed by atoms with E-state index in [1.54, 1.807) is 7.11 Å². The van der Waals surface area contributed by atoms with Gasteiger partial charge in [-0.05, 0) is 25.5 Å². The Morgan fingerprint density at radius 3 is 2.50 bits per heavy atom. The second-order valence-electron chi connectivity index (χ2n) is 6.43. The van der Waals surface area contributed by atoms with Gasteiger partial charge in [-0.25, -0.2) is 4.99 Å². The van der Waals surface area contributed by atoms with Crippen molar-refractivity contribution in [3.8, 4) is 5.75 Å². The summed E-state index contributed by atoms with van der Waals surface area (Å²) in [6.45, 7) is 5.79. The van der Waals surface area contributed by atoms with Crippen molar-refractivity contribution in [2.75, 3.05) is 26.8 Å². The van der Waals surface area contributed by atoms with Crippen molar-refractivity contribution in [3.63, 3.8) is 0 Å². The number of aliphatic hydroxyl groups excluding tert-OH is 1. The highest BCUT2D eigenvalue weighted by atomic mass is 16.5. The van der Waals surface area contributed by atoms with Crippen molar-refractivity contribution in [2.45, 2.75) is 32.6 Å². The summed E-state index contributed by atoms with van der Waals surface area (Å²) in [6, 6.07) is 17.8. The zero-order chi connectivity index (χ0) is 20.2. The van der Waals surface area contributed by atoms with E-state index < -0.39 is 6.10 Å². The number of rotatable bonds is 10. The number of benzene rings is 2. The molecule has 0 aliphatic heterocycles. The van der Waals surface area contributed by atoms with Crippen molar-refractivity contribution in [3.05, 3.63) is 65.7 Å². The fourth-order valence-electron chi connectivity index (χ4n) is 2.69. The molecule has 0 saturated carbocycles. The third-order valence-corrected chi connectivity index (χ3v) is 4.26. The molecule has 28 heavy (non-hydrogen) atoms. The summed E-state index contributed by atoms with van der Waals surface area (Å²) in [5.41, 5.74) is 2.09. The highest BCUT2D eigenvalue weighted by molar-refractivity contribution is 5.79. The zero-order valence-corrected chi connectivity index (χ0v) is 16.9. The van der Waals surface area contributed by atoms with Crippen molar-refractivity contribution < 1.29 is 14.6 Å². The van der Waals surface area contributed by atoms with Crippen molar-refractivity contribution in [1.29, 1.82) is 0 Å². The number of para-hydroxylation sites is 1. The summed E-state index contributed by atoms with van der Waals surface area (Å²) in [5, 5.41) is 16.6. The number of guanidine groups is 1. The summed E-state index contributed by atoms with van der Waals surface area (Å²) in [4.78, 5) is 4.57. The van der Waals surface area contributed by atoms with Crippen molar-refractivity contribution in [2.24, 2.45) is 4.99 Å². The largest absolute Gasteiger partial charge is 0.496 e. The fourth-order valence-corrected chi connectivity index (χ4v) is 2.69. The van der Waals surface area contributed by atoms with Crippen LogP contribution in [0.5, 0.6) is 5.75 Å². The Hall–Kier alpha value is -2.57. The molecule has 3 N–H and O–H groups in total. The molecular formula is C22H31N3O3. The fraction of sp³-hybridized carbons (Fsp3) is 0.409. The minimum absolute atomic E-state index is 0.0664. The van der Waals surface area contributed by atoms with Gasteiger partial charge in [0.2, 0.25) is 0 Å². The van der Waals surface area contributed by atoms with Crippen LogP contribution in [0.3, 0.4) is 0 Å². The number of nitrogens with one attached hydrogen (secondary N) is 2. The SMILES string of the molecule is CCNC(=NCc1ccccc1OC)NCC(O)COC(C)c1ccccc1. The summed E-state index contributed by atoms with van der Waals surface area (Å²) >= 11 is 0. The molecule has 152 valence electrons. The Morgan fingerprint density at radius 2 is 1.79 bits per heavy atom. The molecule has 6 heteroatoms. The standard InChI is InChI=1S/C22H31N3O3/c1-4-23-22(24-14-19-12-8-9-13-21(19)27-3)25-15-20(26)16-28-17(2)18-10-6-5-7-11-18/h5-13,17,20,26H,4,14-16H2,1-3H3,(H2,23,24,25). The van der Waals surface area contributed by atoms with Crippen LogP contribution >= 0.6 is 0 Å². The second kappa shape index (κ2) is 12.0. The average molecular weight is 386 g/mol. The molecule has 0 heterocycles. The van der Waals surface area contributed by atoms with E-state index in [-0.39, 0.29) is 12.7 Å². The van der Waals surface area contributed by atoms with Gasteiger partial charge in [0.25, 0.3) is 0 Å². The lowest BCUT2D eigenvalue weighted by molar-refractivity contribution is -0.000599. The molecule has 0 saturated heterocycles. The first kappa shape index (κ1) is 21.7. The van der Waals surface area contributed by atoms with E-state index in [1.807, 2.05) is 68.4 Å². The Balaban J connectivity index is 1.82. The molecule has 0 bridgehead atoms. The number of ether oxygens (including phenoxy) is 2. The van der Waals surface area contributed by atoms with Crippen LogP contribution in [0, 0.1) is 0 Å². The van der Waals surface area contributed by atoms with Gasteiger partial charge in [-0.1, -0.05) is 48.5 Å². The number of methoxy groups -OCH3 is 1. The number of hydrogen-bond donors (Lipinski definition) is 3. The smallest absolute Gasteiger partial charge is 0.191 e. The van der Waals surface area contributed by atoms with Crippen LogP contribution < -0.4 is 15.4 Å². The number of aliphatic imine (C=N–C) groups is 1. The molecule has 0 radical (unpaired) electrons. The minimum atomic E-state index is -0.638. The molecule has 0 aliphatic carbocycles. The molecule has 2 aromatic rings. The molecule has 0 aliphatic rings. The second-order valence-corrected chi connectivity index (χ2v) is 6.43. The highest BCUT2D eigenvalue weighted by Gasteiger charge is 2.10.